The van der Waals surface area contributed by atoms with Crippen LogP contribution in [-0.2, 0) is 22.3 Å². The fourth-order valence-electron chi connectivity index (χ4n) is 2.07. The fourth-order valence-corrected chi connectivity index (χ4v) is 2.67. The molecule has 0 aliphatic heterocycles. The second kappa shape index (κ2) is 5.12. The van der Waals surface area contributed by atoms with Gasteiger partial charge in [0, 0.05) is 17.1 Å². The molecule has 1 aromatic carbocycles. The maximum atomic E-state index is 11.2. The molecule has 0 saturated heterocycles. The minimum absolute atomic E-state index is 0. The number of hydrogen-bond acceptors (Lipinski definition) is 2. The molecule has 2 N–H and O–H groups in total. The zero-order valence-corrected chi connectivity index (χ0v) is 10.8. The molecule has 0 radical (unpaired) electrons. The normalized spacial score (nSPS) is 11.5. The van der Waals surface area contributed by atoms with Gasteiger partial charge >= 0.3 is 0 Å². The van der Waals surface area contributed by atoms with Crippen molar-refractivity contribution in [1.82, 2.24) is 4.57 Å². The van der Waals surface area contributed by atoms with Gasteiger partial charge in [-0.25, -0.2) is 13.6 Å². The predicted molar refractivity (Wildman–Crippen MR) is 75.9 cm³/mol. The van der Waals surface area contributed by atoms with E-state index in [1.807, 2.05) is 25.3 Å². The SMILES string of the molecule is C.CCc1cn(CS(N)(=O)=O)c2ccc(C)cc12. The van der Waals surface area contributed by atoms with Crippen LogP contribution in [0.15, 0.2) is 24.4 Å². The zero-order valence-electron chi connectivity index (χ0n) is 9.97. The minimum atomic E-state index is -3.51. The third-order valence-corrected chi connectivity index (χ3v) is 3.46. The van der Waals surface area contributed by atoms with Crippen molar-refractivity contribution in [3.05, 3.63) is 35.5 Å². The standard InChI is InChI=1S/C12H16N2O2S.CH4/c1-3-10-7-14(8-17(13,15)16)12-5-4-9(2)6-11(10)12;/h4-7H,3,8H2,1-2H3,(H2,13,15,16);1H4. The van der Waals surface area contributed by atoms with Gasteiger partial charge in [-0.15, -0.1) is 0 Å². The Kier molecular flexibility index (Phi) is 4.19. The van der Waals surface area contributed by atoms with Gasteiger partial charge in [-0.3, -0.25) is 0 Å². The number of nitrogens with two attached hydrogens (primary N) is 1. The van der Waals surface area contributed by atoms with Crippen LogP contribution in [0.1, 0.15) is 25.5 Å². The molecule has 0 saturated carbocycles. The van der Waals surface area contributed by atoms with E-state index in [0.29, 0.717) is 0 Å². The van der Waals surface area contributed by atoms with Crippen LogP contribution in [0.2, 0.25) is 0 Å². The smallest absolute Gasteiger partial charge is 0.227 e. The molecule has 0 atom stereocenters. The van der Waals surface area contributed by atoms with E-state index in [-0.39, 0.29) is 13.3 Å². The van der Waals surface area contributed by atoms with E-state index in [0.717, 1.165) is 22.9 Å². The van der Waals surface area contributed by atoms with Crippen LogP contribution in [0.25, 0.3) is 10.9 Å². The first kappa shape index (κ1) is 14.7. The summed E-state index contributed by atoms with van der Waals surface area (Å²) in [6, 6.07) is 5.99. The van der Waals surface area contributed by atoms with Gasteiger partial charge in [0.05, 0.1) is 0 Å². The third kappa shape index (κ3) is 2.91. The van der Waals surface area contributed by atoms with Crippen molar-refractivity contribution in [2.24, 2.45) is 5.14 Å². The van der Waals surface area contributed by atoms with Crippen molar-refractivity contribution in [1.29, 1.82) is 0 Å². The Morgan fingerprint density at radius 1 is 1.33 bits per heavy atom. The lowest BCUT2D eigenvalue weighted by Gasteiger charge is -2.03. The maximum absolute atomic E-state index is 11.2. The Morgan fingerprint density at radius 2 is 2.00 bits per heavy atom. The summed E-state index contributed by atoms with van der Waals surface area (Å²) in [4.78, 5) is 0. The molecule has 0 amide bonds. The number of benzene rings is 1. The van der Waals surface area contributed by atoms with Crippen molar-refractivity contribution < 1.29 is 8.42 Å². The van der Waals surface area contributed by atoms with E-state index >= 15 is 0 Å². The van der Waals surface area contributed by atoms with Crippen molar-refractivity contribution in [3.8, 4) is 0 Å². The first-order valence-electron chi connectivity index (χ1n) is 5.49. The molecule has 18 heavy (non-hydrogen) atoms. The molecule has 0 spiro atoms. The predicted octanol–water partition coefficient (Wildman–Crippen LogP) is 2.39. The molecule has 0 fully saturated rings. The summed E-state index contributed by atoms with van der Waals surface area (Å²) in [7, 11) is -3.51. The molecule has 4 nitrogen and oxygen atoms in total. The van der Waals surface area contributed by atoms with Crippen LogP contribution in [-0.4, -0.2) is 13.0 Å². The summed E-state index contributed by atoms with van der Waals surface area (Å²) < 4.78 is 24.0. The number of nitrogens with zero attached hydrogens (tertiary/aromatic N) is 1. The van der Waals surface area contributed by atoms with Crippen LogP contribution in [0.5, 0.6) is 0 Å². The lowest BCUT2D eigenvalue weighted by atomic mass is 10.1. The number of aryl methyl sites for hydroxylation is 2. The van der Waals surface area contributed by atoms with Gasteiger partial charge in [0.15, 0.2) is 0 Å². The van der Waals surface area contributed by atoms with Gasteiger partial charge in [0.2, 0.25) is 10.0 Å². The first-order chi connectivity index (χ1) is 7.90. The fraction of sp³-hybridized carbons (Fsp3) is 0.385. The lowest BCUT2D eigenvalue weighted by molar-refractivity contribution is 0.587. The minimum Gasteiger partial charge on any atom is -0.331 e. The number of aromatic nitrogens is 1. The van der Waals surface area contributed by atoms with Crippen LogP contribution in [0, 0.1) is 6.92 Å². The maximum Gasteiger partial charge on any atom is 0.227 e. The molecule has 0 bridgehead atoms. The number of primary sulfonamides is 1. The molecule has 5 heteroatoms. The van der Waals surface area contributed by atoms with Crippen molar-refractivity contribution in [3.63, 3.8) is 0 Å². The van der Waals surface area contributed by atoms with Crippen LogP contribution < -0.4 is 5.14 Å². The highest BCUT2D eigenvalue weighted by molar-refractivity contribution is 7.88. The Morgan fingerprint density at radius 3 is 2.56 bits per heavy atom. The zero-order chi connectivity index (χ0) is 12.6. The monoisotopic (exact) mass is 268 g/mol. The summed E-state index contributed by atoms with van der Waals surface area (Å²) in [6.07, 6.45) is 2.74. The van der Waals surface area contributed by atoms with E-state index in [9.17, 15) is 8.42 Å². The molecular formula is C13H20N2O2S. The topological polar surface area (TPSA) is 65.1 Å². The highest BCUT2D eigenvalue weighted by atomic mass is 32.2. The second-order valence-electron chi connectivity index (χ2n) is 4.29. The number of fused-ring (bicyclic) bond motifs is 1. The van der Waals surface area contributed by atoms with Crippen LogP contribution >= 0.6 is 0 Å². The van der Waals surface area contributed by atoms with Crippen molar-refractivity contribution in [2.45, 2.75) is 33.6 Å². The highest BCUT2D eigenvalue weighted by Gasteiger charge is 2.11. The van der Waals surface area contributed by atoms with E-state index < -0.39 is 10.0 Å². The molecule has 1 aromatic heterocycles. The van der Waals surface area contributed by atoms with Crippen LogP contribution in [0.3, 0.4) is 0 Å². The Balaban J connectivity index is 0.00000162. The largest absolute Gasteiger partial charge is 0.331 e. The average molecular weight is 268 g/mol. The third-order valence-electron chi connectivity index (χ3n) is 2.82. The number of rotatable bonds is 3. The van der Waals surface area contributed by atoms with Gasteiger partial charge < -0.3 is 4.57 Å². The summed E-state index contributed by atoms with van der Waals surface area (Å²) >= 11 is 0. The molecule has 0 unspecified atom stereocenters. The van der Waals surface area contributed by atoms with Gasteiger partial charge in [0.1, 0.15) is 5.88 Å². The highest BCUT2D eigenvalue weighted by Crippen LogP contribution is 2.23. The van der Waals surface area contributed by atoms with E-state index in [1.165, 1.54) is 5.56 Å². The summed E-state index contributed by atoms with van der Waals surface area (Å²) in [6.45, 7) is 4.08. The van der Waals surface area contributed by atoms with Crippen molar-refractivity contribution in [2.75, 3.05) is 0 Å². The van der Waals surface area contributed by atoms with E-state index in [4.69, 9.17) is 5.14 Å². The molecule has 2 aromatic rings. The van der Waals surface area contributed by atoms with Gasteiger partial charge in [-0.05, 0) is 31.0 Å². The van der Waals surface area contributed by atoms with Gasteiger partial charge in [0.25, 0.3) is 0 Å². The Labute approximate surface area is 108 Å². The Hall–Kier alpha value is -1.33. The molecule has 1 heterocycles. The lowest BCUT2D eigenvalue weighted by Crippen LogP contribution is -2.18. The van der Waals surface area contributed by atoms with E-state index in [1.54, 1.807) is 4.57 Å². The summed E-state index contributed by atoms with van der Waals surface area (Å²) in [5.74, 6) is -0.174. The second-order valence-corrected chi connectivity index (χ2v) is 5.87. The average Bonchev–Trinajstić information content (AvgIpc) is 2.53. The van der Waals surface area contributed by atoms with Gasteiger partial charge in [-0.2, -0.15) is 0 Å². The molecule has 2 rings (SSSR count). The number of hydrogen-bond donors (Lipinski definition) is 1. The van der Waals surface area contributed by atoms with Crippen LogP contribution in [0.4, 0.5) is 0 Å². The van der Waals surface area contributed by atoms with Gasteiger partial charge in [-0.1, -0.05) is 26.0 Å². The first-order valence-corrected chi connectivity index (χ1v) is 7.21. The molecule has 100 valence electrons. The molecule has 0 aliphatic rings. The Bertz CT molecular complexity index is 657. The summed E-state index contributed by atoms with van der Waals surface area (Å²) in [5.41, 5.74) is 3.23. The quantitative estimate of drug-likeness (QED) is 0.929. The molecular weight excluding hydrogens is 248 g/mol. The van der Waals surface area contributed by atoms with Crippen molar-refractivity contribution >= 4 is 20.9 Å². The number of sulfonamides is 1. The summed E-state index contributed by atoms with van der Waals surface area (Å²) in [5, 5.41) is 6.20. The molecule has 0 aliphatic carbocycles. The van der Waals surface area contributed by atoms with E-state index in [2.05, 4.69) is 13.0 Å².